The maximum absolute atomic E-state index is 14.1. The van der Waals surface area contributed by atoms with E-state index in [1.165, 1.54) is 12.5 Å². The number of unbranched alkanes of at least 4 members (excludes halogenated alkanes) is 1. The summed E-state index contributed by atoms with van der Waals surface area (Å²) in [5.74, 6) is -0.695. The molecule has 0 saturated carbocycles. The molecular formula is C35H43N3O5. The number of hydrogen-bond acceptors (Lipinski definition) is 5. The summed E-state index contributed by atoms with van der Waals surface area (Å²) in [5.41, 5.74) is 3.60. The second-order valence-electron chi connectivity index (χ2n) is 11.2. The molecule has 4 rings (SSSR count). The molecule has 3 aromatic carbocycles. The zero-order valence-corrected chi connectivity index (χ0v) is 25.6. The maximum Gasteiger partial charge on any atom is 0.330 e. The summed E-state index contributed by atoms with van der Waals surface area (Å²) in [7, 11) is 0. The quantitative estimate of drug-likeness (QED) is 0.149. The number of urea groups is 1. The Morgan fingerprint density at radius 2 is 1.63 bits per heavy atom. The van der Waals surface area contributed by atoms with Crippen LogP contribution in [0.4, 0.5) is 10.5 Å². The van der Waals surface area contributed by atoms with Crippen LogP contribution < -0.4 is 15.4 Å². The molecule has 43 heavy (non-hydrogen) atoms. The molecule has 228 valence electrons. The van der Waals surface area contributed by atoms with E-state index in [2.05, 4.69) is 22.8 Å². The molecule has 1 unspecified atom stereocenters. The van der Waals surface area contributed by atoms with Crippen molar-refractivity contribution >= 4 is 23.5 Å². The van der Waals surface area contributed by atoms with Gasteiger partial charge in [-0.3, -0.25) is 4.79 Å². The summed E-state index contributed by atoms with van der Waals surface area (Å²) in [4.78, 5) is 41.0. The molecule has 3 aromatic rings. The van der Waals surface area contributed by atoms with Gasteiger partial charge in [0, 0.05) is 31.6 Å². The minimum absolute atomic E-state index is 0.113. The summed E-state index contributed by atoms with van der Waals surface area (Å²) in [6.07, 6.45) is 2.94. The number of nitrogens with zero attached hydrogens (tertiary/aromatic N) is 1. The first-order valence-electron chi connectivity index (χ1n) is 15.2. The van der Waals surface area contributed by atoms with Crippen LogP contribution in [0, 0.1) is 0 Å². The predicted molar refractivity (Wildman–Crippen MR) is 169 cm³/mol. The van der Waals surface area contributed by atoms with Crippen LogP contribution in [-0.2, 0) is 24.1 Å². The molecule has 0 bridgehead atoms. The largest absolute Gasteiger partial charge is 0.493 e. The average Bonchev–Trinajstić information content (AvgIpc) is 3.37. The normalized spacial score (nSPS) is 14.0. The van der Waals surface area contributed by atoms with E-state index in [0.717, 1.165) is 36.0 Å². The summed E-state index contributed by atoms with van der Waals surface area (Å²) in [6.45, 7) is 8.69. The van der Waals surface area contributed by atoms with E-state index in [0.29, 0.717) is 36.7 Å². The molecule has 1 aliphatic carbocycles. The third-order valence-electron chi connectivity index (χ3n) is 8.17. The summed E-state index contributed by atoms with van der Waals surface area (Å²) in [6, 6.07) is 20.7. The molecule has 0 saturated heterocycles. The number of nitrogens with one attached hydrogen (secondary N) is 2. The smallest absolute Gasteiger partial charge is 0.330 e. The number of Topliss-reactive ketones (excluding diaryl/α,β-unsaturated/α-hetero) is 1. The van der Waals surface area contributed by atoms with Crippen molar-refractivity contribution in [1.82, 2.24) is 10.2 Å². The fourth-order valence-electron chi connectivity index (χ4n) is 5.93. The van der Waals surface area contributed by atoms with Gasteiger partial charge in [0.2, 0.25) is 0 Å². The molecule has 0 radical (unpaired) electrons. The molecule has 2 amide bonds. The lowest BCUT2D eigenvalue weighted by molar-refractivity contribution is -0.144. The molecular weight excluding hydrogens is 542 g/mol. The fraction of sp³-hybridized carbons (Fsp3) is 0.400. The van der Waals surface area contributed by atoms with Crippen molar-refractivity contribution in [3.05, 3.63) is 94.5 Å². The highest BCUT2D eigenvalue weighted by Crippen LogP contribution is 2.35. The van der Waals surface area contributed by atoms with E-state index in [-0.39, 0.29) is 18.6 Å². The number of carboxylic acids is 1. The third kappa shape index (κ3) is 7.37. The first kappa shape index (κ1) is 31.6. The van der Waals surface area contributed by atoms with Gasteiger partial charge in [-0.15, -0.1) is 0 Å². The van der Waals surface area contributed by atoms with E-state index in [1.807, 2.05) is 75.4 Å². The van der Waals surface area contributed by atoms with Crippen molar-refractivity contribution in [2.24, 2.45) is 0 Å². The number of carboxylic acid groups (broad SMARTS) is 1. The van der Waals surface area contributed by atoms with Gasteiger partial charge in [-0.05, 0) is 81.3 Å². The second-order valence-corrected chi connectivity index (χ2v) is 11.2. The second kappa shape index (κ2) is 14.2. The Hall–Kier alpha value is -4.33. The SMILES string of the molecule is CCNc1cc(C(C)N(CCCCc2ccccc2)C(=O)NC2(C(=O)O)Cc3ccccc3C2)cc(OCC)c1C(C)=O. The summed E-state index contributed by atoms with van der Waals surface area (Å²) < 4.78 is 5.90. The van der Waals surface area contributed by atoms with Gasteiger partial charge in [0.25, 0.3) is 0 Å². The number of rotatable bonds is 14. The monoisotopic (exact) mass is 585 g/mol. The number of fused-ring (bicyclic) bond motifs is 1. The molecule has 0 spiro atoms. The lowest BCUT2D eigenvalue weighted by Gasteiger charge is -2.34. The van der Waals surface area contributed by atoms with Gasteiger partial charge in [-0.1, -0.05) is 54.6 Å². The standard InChI is InChI=1S/C35H43N3O5/c1-5-36-30-20-29(21-31(43-6-2)32(30)25(4)39)24(3)38(19-13-12-16-26-14-8-7-9-15-26)34(42)37-35(33(40)41)22-27-17-10-11-18-28(27)23-35/h7-11,14-15,17-18,20-21,24,36H,5-6,12-13,16,19,22-23H2,1-4H3,(H,37,42)(H,40,41). The third-order valence-corrected chi connectivity index (χ3v) is 8.17. The van der Waals surface area contributed by atoms with Gasteiger partial charge < -0.3 is 25.4 Å². The number of anilines is 1. The lowest BCUT2D eigenvalue weighted by atomic mass is 9.95. The van der Waals surface area contributed by atoms with Crippen LogP contribution in [-0.4, -0.2) is 53.0 Å². The number of benzene rings is 3. The minimum atomic E-state index is -1.42. The Kier molecular flexibility index (Phi) is 10.5. The Balaban J connectivity index is 1.64. The van der Waals surface area contributed by atoms with Gasteiger partial charge in [0.15, 0.2) is 5.78 Å². The van der Waals surface area contributed by atoms with Crippen molar-refractivity contribution in [2.75, 3.05) is 25.0 Å². The zero-order valence-electron chi connectivity index (χ0n) is 25.6. The molecule has 0 aromatic heterocycles. The number of ether oxygens (including phenoxy) is 1. The Labute approximate surface area is 254 Å². The number of carbonyl (C=O) groups is 3. The highest BCUT2D eigenvalue weighted by Gasteiger charge is 2.46. The van der Waals surface area contributed by atoms with Crippen LogP contribution in [0.5, 0.6) is 5.75 Å². The lowest BCUT2D eigenvalue weighted by Crippen LogP contribution is -2.59. The fourth-order valence-corrected chi connectivity index (χ4v) is 5.93. The van der Waals surface area contributed by atoms with Crippen molar-refractivity contribution in [3.63, 3.8) is 0 Å². The van der Waals surface area contributed by atoms with Crippen LogP contribution >= 0.6 is 0 Å². The van der Waals surface area contributed by atoms with E-state index in [9.17, 15) is 19.5 Å². The number of ketones is 1. The Morgan fingerprint density at radius 1 is 0.977 bits per heavy atom. The Morgan fingerprint density at radius 3 is 2.21 bits per heavy atom. The zero-order chi connectivity index (χ0) is 31.0. The number of aliphatic carboxylic acids is 1. The van der Waals surface area contributed by atoms with Gasteiger partial charge in [-0.25, -0.2) is 9.59 Å². The van der Waals surface area contributed by atoms with Gasteiger partial charge in [-0.2, -0.15) is 0 Å². The molecule has 1 aliphatic rings. The first-order chi connectivity index (χ1) is 20.7. The average molecular weight is 586 g/mol. The molecule has 0 fully saturated rings. The molecule has 3 N–H and O–H groups in total. The van der Waals surface area contributed by atoms with Crippen LogP contribution in [0.2, 0.25) is 0 Å². The van der Waals surface area contributed by atoms with E-state index in [1.54, 1.807) is 4.90 Å². The van der Waals surface area contributed by atoms with Gasteiger partial charge in [0.1, 0.15) is 11.3 Å². The highest BCUT2D eigenvalue weighted by atomic mass is 16.5. The molecule has 8 heteroatoms. The van der Waals surface area contributed by atoms with E-state index < -0.39 is 23.6 Å². The number of carbonyl (C=O) groups excluding carboxylic acids is 2. The molecule has 0 heterocycles. The molecule has 1 atom stereocenters. The number of hydrogen-bond donors (Lipinski definition) is 3. The predicted octanol–water partition coefficient (Wildman–Crippen LogP) is 6.44. The highest BCUT2D eigenvalue weighted by molar-refractivity contribution is 6.02. The first-order valence-corrected chi connectivity index (χ1v) is 15.2. The van der Waals surface area contributed by atoms with Crippen molar-refractivity contribution in [1.29, 1.82) is 0 Å². The van der Waals surface area contributed by atoms with Crippen LogP contribution in [0.1, 0.15) is 79.2 Å². The van der Waals surface area contributed by atoms with E-state index in [4.69, 9.17) is 4.74 Å². The topological polar surface area (TPSA) is 108 Å². The van der Waals surface area contributed by atoms with E-state index >= 15 is 0 Å². The molecule has 0 aliphatic heterocycles. The Bertz CT molecular complexity index is 1390. The van der Waals surface area contributed by atoms with Crippen LogP contribution in [0.25, 0.3) is 0 Å². The number of amides is 2. The van der Waals surface area contributed by atoms with Gasteiger partial charge >= 0.3 is 12.0 Å². The van der Waals surface area contributed by atoms with Crippen molar-refractivity contribution in [3.8, 4) is 5.75 Å². The summed E-state index contributed by atoms with van der Waals surface area (Å²) >= 11 is 0. The summed E-state index contributed by atoms with van der Waals surface area (Å²) in [5, 5.41) is 16.6. The number of aryl methyl sites for hydroxylation is 1. The molecule has 8 nitrogen and oxygen atoms in total. The van der Waals surface area contributed by atoms with Crippen molar-refractivity contribution in [2.45, 2.75) is 71.4 Å². The maximum atomic E-state index is 14.1. The van der Waals surface area contributed by atoms with Crippen LogP contribution in [0.15, 0.2) is 66.7 Å². The van der Waals surface area contributed by atoms with Crippen LogP contribution in [0.3, 0.4) is 0 Å². The van der Waals surface area contributed by atoms with Crippen molar-refractivity contribution < 1.29 is 24.2 Å². The van der Waals surface area contributed by atoms with Gasteiger partial charge in [0.05, 0.1) is 18.2 Å². The minimum Gasteiger partial charge on any atom is -0.493 e.